The summed E-state index contributed by atoms with van der Waals surface area (Å²) in [7, 11) is -3.82. The number of hydrogen-bond donors (Lipinski definition) is 3. The second-order valence-electron chi connectivity index (χ2n) is 10.4. The molecule has 0 aliphatic carbocycles. The van der Waals surface area contributed by atoms with Crippen molar-refractivity contribution in [3.8, 4) is 5.75 Å². The van der Waals surface area contributed by atoms with Crippen LogP contribution in [0.25, 0.3) is 10.9 Å². The first kappa shape index (κ1) is 27.5. The number of benzene rings is 3. The highest BCUT2D eigenvalue weighted by molar-refractivity contribution is 7.92. The molecular weight excluding hydrogens is 532 g/mol. The number of halogens is 1. The van der Waals surface area contributed by atoms with Gasteiger partial charge in [-0.15, -0.1) is 0 Å². The van der Waals surface area contributed by atoms with Crippen LogP contribution in [0.5, 0.6) is 5.75 Å². The minimum Gasteiger partial charge on any atom is -0.494 e. The topological polar surface area (TPSA) is 86.5 Å². The molecule has 0 atom stereocenters. The van der Waals surface area contributed by atoms with E-state index in [0.29, 0.717) is 23.1 Å². The molecule has 1 aliphatic rings. The minimum atomic E-state index is -3.82. The van der Waals surface area contributed by atoms with Crippen molar-refractivity contribution in [2.24, 2.45) is 0 Å². The predicted octanol–water partition coefficient (Wildman–Crippen LogP) is 5.62. The number of anilines is 1. The lowest BCUT2D eigenvalue weighted by molar-refractivity contribution is 0.214. The monoisotopic (exact) mass is 566 g/mol. The lowest BCUT2D eigenvalue weighted by Crippen LogP contribution is -2.43. The Morgan fingerprint density at radius 2 is 1.74 bits per heavy atom. The van der Waals surface area contributed by atoms with Crippen LogP contribution in [0.1, 0.15) is 31.4 Å². The summed E-state index contributed by atoms with van der Waals surface area (Å²) in [5, 5.41) is 5.02. The van der Waals surface area contributed by atoms with Gasteiger partial charge in [0.2, 0.25) is 0 Å². The number of nitrogens with zero attached hydrogens (tertiary/aromatic N) is 1. The SMILES string of the molecule is CC(C)(c1ccccc1NS(=O)(=O)c1ccc(OCCCN2CCNCC2)cc1)c1c[nH]c2ccc(Cl)cc12. The van der Waals surface area contributed by atoms with Crippen molar-refractivity contribution in [1.82, 2.24) is 15.2 Å². The summed E-state index contributed by atoms with van der Waals surface area (Å²) < 4.78 is 35.5. The number of aromatic amines is 1. The Kier molecular flexibility index (Phi) is 8.19. The van der Waals surface area contributed by atoms with Gasteiger partial charge in [-0.3, -0.25) is 4.72 Å². The molecule has 0 bridgehead atoms. The summed E-state index contributed by atoms with van der Waals surface area (Å²) in [6.07, 6.45) is 2.89. The Bertz CT molecular complexity index is 1530. The Labute approximate surface area is 235 Å². The van der Waals surface area contributed by atoms with E-state index in [1.165, 1.54) is 0 Å². The zero-order valence-corrected chi connectivity index (χ0v) is 23.9. The molecular formula is C30H35ClN4O3S. The Morgan fingerprint density at radius 1 is 1.00 bits per heavy atom. The molecule has 3 aromatic carbocycles. The number of para-hydroxylation sites is 1. The normalized spacial score (nSPS) is 14.9. The summed E-state index contributed by atoms with van der Waals surface area (Å²) in [5.74, 6) is 0.661. The van der Waals surface area contributed by atoms with Crippen molar-refractivity contribution in [2.45, 2.75) is 30.6 Å². The summed E-state index contributed by atoms with van der Waals surface area (Å²) in [6, 6.07) is 19.8. The second kappa shape index (κ2) is 11.6. The van der Waals surface area contributed by atoms with Crippen LogP contribution in [0.15, 0.2) is 77.8 Å². The molecule has 9 heteroatoms. The van der Waals surface area contributed by atoms with Gasteiger partial charge in [0.05, 0.1) is 17.2 Å². The largest absolute Gasteiger partial charge is 0.494 e. The maximum Gasteiger partial charge on any atom is 0.261 e. The van der Waals surface area contributed by atoms with Crippen LogP contribution < -0.4 is 14.8 Å². The van der Waals surface area contributed by atoms with E-state index in [1.807, 2.05) is 42.6 Å². The van der Waals surface area contributed by atoms with Crippen LogP contribution in [0.2, 0.25) is 5.02 Å². The van der Waals surface area contributed by atoms with Crippen LogP contribution in [0.4, 0.5) is 5.69 Å². The van der Waals surface area contributed by atoms with Gasteiger partial charge in [-0.05, 0) is 66.1 Å². The van der Waals surface area contributed by atoms with E-state index in [4.69, 9.17) is 16.3 Å². The molecule has 1 fully saturated rings. The molecule has 4 aromatic rings. The molecule has 39 heavy (non-hydrogen) atoms. The third-order valence-electron chi connectivity index (χ3n) is 7.39. The van der Waals surface area contributed by atoms with Gasteiger partial charge in [-0.25, -0.2) is 8.42 Å². The molecule has 1 saturated heterocycles. The van der Waals surface area contributed by atoms with Crippen LogP contribution in [-0.4, -0.2) is 57.6 Å². The van der Waals surface area contributed by atoms with Crippen molar-refractivity contribution in [1.29, 1.82) is 0 Å². The third-order valence-corrected chi connectivity index (χ3v) is 9.01. The summed E-state index contributed by atoms with van der Waals surface area (Å²) in [6.45, 7) is 9.95. The fourth-order valence-corrected chi connectivity index (χ4v) is 6.46. The number of aromatic nitrogens is 1. The molecule has 0 spiro atoms. The maximum absolute atomic E-state index is 13.4. The number of rotatable bonds is 10. The van der Waals surface area contributed by atoms with E-state index in [-0.39, 0.29) is 4.90 Å². The smallest absolute Gasteiger partial charge is 0.261 e. The van der Waals surface area contributed by atoms with Crippen molar-refractivity contribution in [3.63, 3.8) is 0 Å². The van der Waals surface area contributed by atoms with Gasteiger partial charge in [-0.2, -0.15) is 0 Å². The van der Waals surface area contributed by atoms with Crippen LogP contribution in [-0.2, 0) is 15.4 Å². The Balaban J connectivity index is 1.29. The Morgan fingerprint density at radius 3 is 2.51 bits per heavy atom. The average Bonchev–Trinajstić information content (AvgIpc) is 3.36. The van der Waals surface area contributed by atoms with Gasteiger partial charge in [0.1, 0.15) is 5.75 Å². The minimum absolute atomic E-state index is 0.183. The van der Waals surface area contributed by atoms with E-state index < -0.39 is 15.4 Å². The first-order chi connectivity index (χ1) is 18.7. The van der Waals surface area contributed by atoms with Crippen LogP contribution in [0.3, 0.4) is 0 Å². The zero-order valence-electron chi connectivity index (χ0n) is 22.3. The maximum atomic E-state index is 13.4. The highest BCUT2D eigenvalue weighted by Crippen LogP contribution is 2.40. The summed E-state index contributed by atoms with van der Waals surface area (Å²) >= 11 is 6.29. The second-order valence-corrected chi connectivity index (χ2v) is 12.6. The van der Waals surface area contributed by atoms with E-state index in [9.17, 15) is 8.42 Å². The number of piperazine rings is 1. The highest BCUT2D eigenvalue weighted by Gasteiger charge is 2.30. The molecule has 7 nitrogen and oxygen atoms in total. The van der Waals surface area contributed by atoms with E-state index in [0.717, 1.165) is 61.2 Å². The lowest BCUT2D eigenvalue weighted by atomic mass is 9.77. The third kappa shape index (κ3) is 6.25. The number of H-pyrrole nitrogens is 1. The number of sulfonamides is 1. The molecule has 2 heterocycles. The van der Waals surface area contributed by atoms with E-state index in [2.05, 4.69) is 33.8 Å². The number of hydrogen-bond acceptors (Lipinski definition) is 5. The Hall–Kier alpha value is -3.04. The average molecular weight is 567 g/mol. The molecule has 0 unspecified atom stereocenters. The predicted molar refractivity (Wildman–Crippen MR) is 159 cm³/mol. The quantitative estimate of drug-likeness (QED) is 0.217. The summed E-state index contributed by atoms with van der Waals surface area (Å²) in [4.78, 5) is 5.92. The van der Waals surface area contributed by atoms with Gasteiger partial charge in [0.15, 0.2) is 0 Å². The van der Waals surface area contributed by atoms with Crippen molar-refractivity contribution in [3.05, 3.63) is 89.1 Å². The van der Waals surface area contributed by atoms with Crippen LogP contribution in [0, 0.1) is 0 Å². The van der Waals surface area contributed by atoms with E-state index >= 15 is 0 Å². The van der Waals surface area contributed by atoms with Gasteiger partial charge < -0.3 is 19.9 Å². The molecule has 0 saturated carbocycles. The fourth-order valence-electron chi connectivity index (χ4n) is 5.20. The molecule has 3 N–H and O–H groups in total. The van der Waals surface area contributed by atoms with E-state index in [1.54, 1.807) is 30.3 Å². The lowest BCUT2D eigenvalue weighted by Gasteiger charge is -2.28. The number of nitrogens with one attached hydrogen (secondary N) is 3. The van der Waals surface area contributed by atoms with Gasteiger partial charge in [0.25, 0.3) is 10.0 Å². The molecule has 1 aliphatic heterocycles. The first-order valence-corrected chi connectivity index (χ1v) is 15.2. The molecule has 5 rings (SSSR count). The fraction of sp³-hybridized carbons (Fsp3) is 0.333. The molecule has 0 radical (unpaired) electrons. The molecule has 206 valence electrons. The van der Waals surface area contributed by atoms with Crippen molar-refractivity contribution in [2.75, 3.05) is 44.1 Å². The van der Waals surface area contributed by atoms with Gasteiger partial charge in [-0.1, -0.05) is 43.6 Å². The number of fused-ring (bicyclic) bond motifs is 1. The zero-order chi connectivity index (χ0) is 27.5. The van der Waals surface area contributed by atoms with Crippen LogP contribution >= 0.6 is 11.6 Å². The molecule has 0 amide bonds. The standard InChI is InChI=1S/C30H35ClN4O3S/c1-30(2,27-21-33-28-13-8-22(31)20-25(27)28)26-6-3-4-7-29(26)34-39(36,37)24-11-9-23(10-12-24)38-19-5-16-35-17-14-32-15-18-35/h3-4,6-13,20-21,32-34H,5,14-19H2,1-2H3. The molecule has 1 aromatic heterocycles. The number of ether oxygens (including phenoxy) is 1. The van der Waals surface area contributed by atoms with Gasteiger partial charge in [0, 0.05) is 60.3 Å². The van der Waals surface area contributed by atoms with Crippen molar-refractivity contribution < 1.29 is 13.2 Å². The summed E-state index contributed by atoms with van der Waals surface area (Å²) in [5.41, 5.74) is 2.90. The highest BCUT2D eigenvalue weighted by atomic mass is 35.5. The van der Waals surface area contributed by atoms with Crippen molar-refractivity contribution >= 4 is 38.2 Å². The van der Waals surface area contributed by atoms with Gasteiger partial charge >= 0.3 is 0 Å². The first-order valence-electron chi connectivity index (χ1n) is 13.3.